The molecule has 0 saturated heterocycles. The van der Waals surface area contributed by atoms with Crippen LogP contribution in [0.5, 0.6) is 0 Å². The van der Waals surface area contributed by atoms with Crippen LogP contribution in [-0.4, -0.2) is 56.7 Å². The Hall–Kier alpha value is -1.18. The highest BCUT2D eigenvalue weighted by molar-refractivity contribution is 5.83. The van der Waals surface area contributed by atoms with Crippen molar-refractivity contribution >= 4 is 11.9 Å². The number of aliphatic carboxylic acids is 1. The van der Waals surface area contributed by atoms with Gasteiger partial charge in [-0.3, -0.25) is 4.79 Å². The van der Waals surface area contributed by atoms with Crippen LogP contribution in [0.25, 0.3) is 0 Å². The van der Waals surface area contributed by atoms with E-state index in [2.05, 4.69) is 33.0 Å². The Labute approximate surface area is 229 Å². The average Bonchev–Trinajstić information content (AvgIpc) is 3.22. The van der Waals surface area contributed by atoms with Gasteiger partial charge in [-0.1, -0.05) is 47.0 Å². The number of unbranched alkanes of at least 4 members (excludes halogenated alkanes) is 2. The van der Waals surface area contributed by atoms with E-state index in [1.807, 2.05) is 0 Å². The summed E-state index contributed by atoms with van der Waals surface area (Å²) in [6.45, 7) is 8.83. The molecule has 4 aliphatic rings. The maximum absolute atomic E-state index is 12.7. The lowest BCUT2D eigenvalue weighted by atomic mass is 9.43. The molecule has 4 saturated carbocycles. The molecule has 0 heterocycles. The van der Waals surface area contributed by atoms with Gasteiger partial charge in [0.05, 0.1) is 18.3 Å². The van der Waals surface area contributed by atoms with Gasteiger partial charge in [0.15, 0.2) is 0 Å². The van der Waals surface area contributed by atoms with Gasteiger partial charge < -0.3 is 25.7 Å². The minimum absolute atomic E-state index is 0.0606. The minimum atomic E-state index is -0.969. The van der Waals surface area contributed by atoms with Crippen molar-refractivity contribution < 1.29 is 30.0 Å². The summed E-state index contributed by atoms with van der Waals surface area (Å²) in [4.78, 5) is 24.3. The number of amides is 1. The first-order valence-corrected chi connectivity index (χ1v) is 15.5. The summed E-state index contributed by atoms with van der Waals surface area (Å²) < 4.78 is 0. The van der Waals surface area contributed by atoms with Gasteiger partial charge in [0.25, 0.3) is 0 Å². The zero-order valence-electron chi connectivity index (χ0n) is 24.1. The summed E-state index contributed by atoms with van der Waals surface area (Å²) in [5, 5.41) is 45.7. The largest absolute Gasteiger partial charge is 0.480 e. The maximum atomic E-state index is 12.7. The summed E-state index contributed by atoms with van der Waals surface area (Å²) in [7, 11) is 0. The molecule has 0 aliphatic heterocycles. The van der Waals surface area contributed by atoms with Gasteiger partial charge in [0.1, 0.15) is 6.04 Å². The molecule has 0 bridgehead atoms. The third-order valence-corrected chi connectivity index (χ3v) is 12.1. The molecule has 38 heavy (non-hydrogen) atoms. The molecule has 7 heteroatoms. The zero-order chi connectivity index (χ0) is 27.8. The number of fused-ring (bicyclic) bond motifs is 5. The lowest BCUT2D eigenvalue weighted by Gasteiger charge is -2.63. The van der Waals surface area contributed by atoms with Crippen molar-refractivity contribution in [3.63, 3.8) is 0 Å². The highest BCUT2D eigenvalue weighted by Gasteiger charge is 2.65. The summed E-state index contributed by atoms with van der Waals surface area (Å²) in [6.07, 6.45) is 9.06. The van der Waals surface area contributed by atoms with Crippen LogP contribution in [-0.2, 0) is 9.59 Å². The van der Waals surface area contributed by atoms with E-state index in [1.54, 1.807) is 0 Å². The lowest BCUT2D eigenvalue weighted by Crippen LogP contribution is -2.62. The van der Waals surface area contributed by atoms with Crippen molar-refractivity contribution in [1.82, 2.24) is 5.32 Å². The SMILES string of the molecule is CCCCCC(NC(=O)CC[C@@H](C)[C@H]1CCC2[C@@H]3[C@H](O)C[C@@H]4CC(O)CC[C@]4(C)[C@H]3C[C@H](O)[C@@]21C)C(=O)O. The van der Waals surface area contributed by atoms with E-state index in [-0.39, 0.29) is 58.5 Å². The van der Waals surface area contributed by atoms with Crippen LogP contribution >= 0.6 is 0 Å². The van der Waals surface area contributed by atoms with Crippen molar-refractivity contribution in [1.29, 1.82) is 0 Å². The molecule has 1 amide bonds. The molecule has 5 N–H and O–H groups in total. The average molecular weight is 536 g/mol. The Kier molecular flexibility index (Phi) is 9.21. The molecule has 0 aromatic rings. The minimum Gasteiger partial charge on any atom is -0.480 e. The van der Waals surface area contributed by atoms with Crippen molar-refractivity contribution in [2.45, 2.75) is 136 Å². The molecular formula is C31H53NO6. The van der Waals surface area contributed by atoms with E-state index in [0.717, 1.165) is 57.8 Å². The second kappa shape index (κ2) is 11.7. The number of hydrogen-bond donors (Lipinski definition) is 5. The van der Waals surface area contributed by atoms with Crippen molar-refractivity contribution in [3.8, 4) is 0 Å². The smallest absolute Gasteiger partial charge is 0.326 e. The quantitative estimate of drug-likeness (QED) is 0.262. The number of carboxylic acids is 1. The fourth-order valence-electron chi connectivity index (χ4n) is 9.81. The zero-order valence-corrected chi connectivity index (χ0v) is 24.1. The Morgan fingerprint density at radius 3 is 2.39 bits per heavy atom. The Morgan fingerprint density at radius 2 is 1.71 bits per heavy atom. The lowest BCUT2D eigenvalue weighted by molar-refractivity contribution is -0.207. The van der Waals surface area contributed by atoms with Crippen LogP contribution < -0.4 is 5.32 Å². The van der Waals surface area contributed by atoms with Crippen LogP contribution in [0.4, 0.5) is 0 Å². The van der Waals surface area contributed by atoms with E-state index < -0.39 is 18.1 Å². The maximum Gasteiger partial charge on any atom is 0.326 e. The summed E-state index contributed by atoms with van der Waals surface area (Å²) in [5.74, 6) is 0.338. The molecule has 0 aromatic carbocycles. The molecule has 3 unspecified atom stereocenters. The first kappa shape index (κ1) is 29.8. The normalized spacial score (nSPS) is 43.9. The fourth-order valence-corrected chi connectivity index (χ4v) is 9.81. The second-order valence-corrected chi connectivity index (χ2v) is 14.0. The Balaban J connectivity index is 1.41. The number of rotatable bonds is 10. The highest BCUT2D eigenvalue weighted by Crippen LogP contribution is 2.68. The highest BCUT2D eigenvalue weighted by atomic mass is 16.4. The number of carbonyl (C=O) groups is 2. The molecular weight excluding hydrogens is 482 g/mol. The van der Waals surface area contributed by atoms with Crippen molar-refractivity contribution in [3.05, 3.63) is 0 Å². The summed E-state index contributed by atoms with van der Waals surface area (Å²) in [6, 6.07) is -0.825. The standard InChI is InChI=1S/C31H53NO6/c1-5-6-7-8-24(29(37)38)32-27(36)12-9-18(2)21-10-11-22-28-23(17-26(35)31(21,22)4)30(3)14-13-20(33)15-19(30)16-25(28)34/h18-26,28,33-35H,5-17H2,1-4H3,(H,32,36)(H,37,38)/t18-,19+,20?,21-,22?,23+,24?,25-,26+,28+,30+,31-/m1/s1. The topological polar surface area (TPSA) is 127 Å². The summed E-state index contributed by atoms with van der Waals surface area (Å²) in [5.41, 5.74) is -0.232. The third-order valence-electron chi connectivity index (χ3n) is 12.1. The van der Waals surface area contributed by atoms with Gasteiger partial charge in [-0.25, -0.2) is 4.79 Å². The van der Waals surface area contributed by atoms with Gasteiger partial charge in [0, 0.05) is 6.42 Å². The van der Waals surface area contributed by atoms with Crippen LogP contribution in [0.15, 0.2) is 0 Å². The predicted octanol–water partition coefficient (Wildman–Crippen LogP) is 4.51. The van der Waals surface area contributed by atoms with Gasteiger partial charge in [-0.15, -0.1) is 0 Å². The number of carboxylic acid groups (broad SMARTS) is 1. The number of carbonyl (C=O) groups excluding carboxylic acids is 1. The molecule has 4 fully saturated rings. The van der Waals surface area contributed by atoms with Crippen molar-refractivity contribution in [2.75, 3.05) is 0 Å². The molecule has 0 spiro atoms. The summed E-state index contributed by atoms with van der Waals surface area (Å²) >= 11 is 0. The number of aliphatic hydroxyl groups is 3. The van der Waals surface area contributed by atoms with E-state index in [0.29, 0.717) is 31.6 Å². The van der Waals surface area contributed by atoms with Gasteiger partial charge in [-0.2, -0.15) is 0 Å². The monoisotopic (exact) mass is 535 g/mol. The molecule has 4 rings (SSSR count). The van der Waals surface area contributed by atoms with Gasteiger partial charge >= 0.3 is 5.97 Å². The molecule has 7 nitrogen and oxygen atoms in total. The molecule has 218 valence electrons. The Morgan fingerprint density at radius 1 is 0.974 bits per heavy atom. The van der Waals surface area contributed by atoms with E-state index in [1.165, 1.54) is 0 Å². The number of hydrogen-bond acceptors (Lipinski definition) is 5. The van der Waals surface area contributed by atoms with Crippen LogP contribution in [0.2, 0.25) is 0 Å². The third kappa shape index (κ3) is 5.41. The second-order valence-electron chi connectivity index (χ2n) is 14.0. The van der Waals surface area contributed by atoms with E-state index in [9.17, 15) is 30.0 Å². The van der Waals surface area contributed by atoms with E-state index >= 15 is 0 Å². The molecule has 12 atom stereocenters. The van der Waals surface area contributed by atoms with Crippen LogP contribution in [0.1, 0.15) is 111 Å². The molecule has 0 aromatic heterocycles. The molecule has 4 aliphatic carbocycles. The number of nitrogens with one attached hydrogen (secondary N) is 1. The van der Waals surface area contributed by atoms with Gasteiger partial charge in [0.2, 0.25) is 5.91 Å². The van der Waals surface area contributed by atoms with E-state index in [4.69, 9.17) is 0 Å². The predicted molar refractivity (Wildman–Crippen MR) is 146 cm³/mol. The number of aliphatic hydroxyl groups excluding tert-OH is 3. The van der Waals surface area contributed by atoms with Crippen LogP contribution in [0.3, 0.4) is 0 Å². The van der Waals surface area contributed by atoms with Gasteiger partial charge in [-0.05, 0) is 104 Å². The first-order chi connectivity index (χ1) is 17.9. The molecule has 0 radical (unpaired) electrons. The first-order valence-electron chi connectivity index (χ1n) is 15.5. The van der Waals surface area contributed by atoms with Crippen molar-refractivity contribution in [2.24, 2.45) is 46.3 Å². The Bertz CT molecular complexity index is 850. The fraction of sp³-hybridized carbons (Fsp3) is 0.935. The van der Waals surface area contributed by atoms with Crippen LogP contribution in [0, 0.1) is 46.3 Å².